The molecule has 0 spiro atoms. The van der Waals surface area contributed by atoms with Gasteiger partial charge in [0, 0.05) is 36.4 Å². The lowest BCUT2D eigenvalue weighted by Gasteiger charge is -2.25. The SMILES string of the molecule is NCCCCC(N)C(=O)NC(Cc1c[nH]c2ccccc12)C(=O)NC(Cc1ccc(O)cc1)C(=O)NC(CCC(=O)O)C(=O)O. The first-order valence-electron chi connectivity index (χ1n) is 14.6. The maximum atomic E-state index is 13.8. The summed E-state index contributed by atoms with van der Waals surface area (Å²) < 4.78 is 0. The van der Waals surface area contributed by atoms with Gasteiger partial charge in [0.25, 0.3) is 0 Å². The number of nitrogens with one attached hydrogen (secondary N) is 4. The van der Waals surface area contributed by atoms with Crippen LogP contribution in [0.4, 0.5) is 0 Å². The van der Waals surface area contributed by atoms with Crippen molar-refractivity contribution in [2.75, 3.05) is 6.54 Å². The molecular formula is C31H40N6O8. The zero-order valence-electron chi connectivity index (χ0n) is 24.7. The number of aliphatic carboxylic acids is 2. The fourth-order valence-corrected chi connectivity index (χ4v) is 4.79. The lowest BCUT2D eigenvalue weighted by Crippen LogP contribution is -2.58. The van der Waals surface area contributed by atoms with Gasteiger partial charge in [0.05, 0.1) is 6.04 Å². The number of rotatable bonds is 18. The number of carbonyl (C=O) groups excluding carboxylic acids is 3. The molecule has 242 valence electrons. The molecule has 0 aliphatic heterocycles. The van der Waals surface area contributed by atoms with Crippen LogP contribution in [0.1, 0.15) is 43.2 Å². The molecule has 0 fully saturated rings. The third-order valence-corrected chi connectivity index (χ3v) is 7.31. The first kappa shape index (κ1) is 34.5. The number of fused-ring (bicyclic) bond motifs is 1. The van der Waals surface area contributed by atoms with Gasteiger partial charge in [-0.3, -0.25) is 19.2 Å². The normalized spacial score (nSPS) is 13.7. The van der Waals surface area contributed by atoms with Gasteiger partial charge in [-0.05, 0) is 55.1 Å². The summed E-state index contributed by atoms with van der Waals surface area (Å²) in [5, 5.41) is 36.7. The number of aromatic nitrogens is 1. The number of carboxylic acids is 2. The number of carboxylic acid groups (broad SMARTS) is 2. The molecule has 0 radical (unpaired) electrons. The molecule has 4 unspecified atom stereocenters. The van der Waals surface area contributed by atoms with Crippen LogP contribution in [0, 0.1) is 0 Å². The molecular weight excluding hydrogens is 584 g/mol. The minimum atomic E-state index is -1.53. The molecule has 14 nitrogen and oxygen atoms in total. The molecule has 3 rings (SSSR count). The molecule has 0 saturated carbocycles. The number of amides is 3. The third kappa shape index (κ3) is 10.6. The Bertz CT molecular complexity index is 1470. The second-order valence-electron chi connectivity index (χ2n) is 10.8. The van der Waals surface area contributed by atoms with Crippen LogP contribution in [-0.4, -0.2) is 80.7 Å². The van der Waals surface area contributed by atoms with Crippen molar-refractivity contribution in [1.82, 2.24) is 20.9 Å². The number of aromatic hydroxyl groups is 1. The number of phenolic OH excluding ortho intramolecular Hbond substituents is 1. The number of carbonyl (C=O) groups is 5. The second-order valence-corrected chi connectivity index (χ2v) is 10.8. The number of hydrogen-bond acceptors (Lipinski definition) is 8. The molecule has 0 saturated heterocycles. The van der Waals surface area contributed by atoms with Gasteiger partial charge in [0.15, 0.2) is 0 Å². The Morgan fingerprint density at radius 3 is 2.04 bits per heavy atom. The Hall–Kier alpha value is -4.95. The van der Waals surface area contributed by atoms with Gasteiger partial charge in [0.1, 0.15) is 23.9 Å². The number of phenols is 1. The van der Waals surface area contributed by atoms with Crippen LogP contribution in [0.25, 0.3) is 10.9 Å². The molecule has 1 heterocycles. The Labute approximate surface area is 259 Å². The van der Waals surface area contributed by atoms with E-state index in [1.807, 2.05) is 24.3 Å². The van der Waals surface area contributed by atoms with Crippen LogP contribution in [0.2, 0.25) is 0 Å². The predicted molar refractivity (Wildman–Crippen MR) is 165 cm³/mol. The van der Waals surface area contributed by atoms with Crippen molar-refractivity contribution in [2.24, 2.45) is 11.5 Å². The predicted octanol–water partition coefficient (Wildman–Crippen LogP) is 0.519. The van der Waals surface area contributed by atoms with E-state index in [0.29, 0.717) is 31.4 Å². The Kier molecular flexibility index (Phi) is 12.9. The molecule has 0 aliphatic rings. The van der Waals surface area contributed by atoms with Crippen LogP contribution < -0.4 is 27.4 Å². The number of para-hydroxylation sites is 1. The summed E-state index contributed by atoms with van der Waals surface area (Å²) >= 11 is 0. The van der Waals surface area contributed by atoms with Gasteiger partial charge in [-0.2, -0.15) is 0 Å². The molecule has 11 N–H and O–H groups in total. The molecule has 45 heavy (non-hydrogen) atoms. The summed E-state index contributed by atoms with van der Waals surface area (Å²) in [4.78, 5) is 66.2. The van der Waals surface area contributed by atoms with Crippen LogP contribution in [0.5, 0.6) is 5.75 Å². The highest BCUT2D eigenvalue weighted by atomic mass is 16.4. The van der Waals surface area contributed by atoms with Crippen LogP contribution in [0.15, 0.2) is 54.7 Å². The zero-order chi connectivity index (χ0) is 32.9. The summed E-state index contributed by atoms with van der Waals surface area (Å²) in [6, 6.07) is 8.34. The Balaban J connectivity index is 1.88. The molecule has 4 atom stereocenters. The lowest BCUT2D eigenvalue weighted by molar-refractivity contribution is -0.143. The van der Waals surface area contributed by atoms with Gasteiger partial charge in [-0.15, -0.1) is 0 Å². The van der Waals surface area contributed by atoms with E-state index in [2.05, 4.69) is 20.9 Å². The number of benzene rings is 2. The minimum absolute atomic E-state index is 0.0206. The molecule has 0 bridgehead atoms. The standard InChI is InChI=1S/C31H40N6O8/c32-14-4-3-6-22(33)28(41)36-26(16-19-17-34-23-7-2-1-5-21(19)23)30(43)37-25(15-18-8-10-20(38)11-9-18)29(42)35-24(31(44)45)12-13-27(39)40/h1-2,5,7-11,17,22,24-26,34,38H,3-4,6,12-16,32-33H2,(H,35,42)(H,36,41)(H,37,43)(H,39,40)(H,44,45). The van der Waals surface area contributed by atoms with E-state index in [9.17, 15) is 34.2 Å². The van der Waals surface area contributed by atoms with E-state index in [0.717, 1.165) is 16.5 Å². The van der Waals surface area contributed by atoms with E-state index in [4.69, 9.17) is 16.6 Å². The van der Waals surface area contributed by atoms with Gasteiger partial charge in [0.2, 0.25) is 17.7 Å². The summed E-state index contributed by atoms with van der Waals surface area (Å²) in [5.41, 5.74) is 13.7. The highest BCUT2D eigenvalue weighted by Crippen LogP contribution is 2.20. The fraction of sp³-hybridized carbons (Fsp3) is 0.387. The summed E-state index contributed by atoms with van der Waals surface area (Å²) in [6.07, 6.45) is 2.43. The number of H-pyrrole nitrogens is 1. The number of unbranched alkanes of at least 4 members (excludes halogenated alkanes) is 1. The van der Waals surface area contributed by atoms with Crippen LogP contribution in [0.3, 0.4) is 0 Å². The molecule has 1 aromatic heterocycles. The quantitative estimate of drug-likeness (QED) is 0.0887. The van der Waals surface area contributed by atoms with Crippen molar-refractivity contribution in [3.05, 3.63) is 65.9 Å². The van der Waals surface area contributed by atoms with Gasteiger partial charge < -0.3 is 47.7 Å². The van der Waals surface area contributed by atoms with Crippen LogP contribution in [-0.2, 0) is 36.8 Å². The maximum Gasteiger partial charge on any atom is 0.326 e. The lowest BCUT2D eigenvalue weighted by atomic mass is 10.0. The second kappa shape index (κ2) is 16.8. The molecule has 3 amide bonds. The van der Waals surface area contributed by atoms with Crippen molar-refractivity contribution >= 4 is 40.6 Å². The fourth-order valence-electron chi connectivity index (χ4n) is 4.79. The first-order chi connectivity index (χ1) is 21.5. The number of hydrogen-bond donors (Lipinski definition) is 9. The smallest absolute Gasteiger partial charge is 0.326 e. The molecule has 3 aromatic rings. The molecule has 14 heteroatoms. The van der Waals surface area contributed by atoms with Crippen molar-refractivity contribution in [1.29, 1.82) is 0 Å². The number of aromatic amines is 1. The van der Waals surface area contributed by atoms with E-state index < -0.39 is 60.2 Å². The first-order valence-corrected chi connectivity index (χ1v) is 14.6. The van der Waals surface area contributed by atoms with Gasteiger partial charge >= 0.3 is 11.9 Å². The summed E-state index contributed by atoms with van der Waals surface area (Å²) in [5.74, 6) is -4.85. The molecule has 0 aliphatic carbocycles. The van der Waals surface area contributed by atoms with Gasteiger partial charge in [-0.25, -0.2) is 4.79 Å². The number of nitrogens with two attached hydrogens (primary N) is 2. The molecule has 2 aromatic carbocycles. The Morgan fingerprint density at radius 2 is 1.40 bits per heavy atom. The van der Waals surface area contributed by atoms with E-state index >= 15 is 0 Å². The highest BCUT2D eigenvalue weighted by molar-refractivity contribution is 5.95. The van der Waals surface area contributed by atoms with E-state index in [-0.39, 0.29) is 25.0 Å². The average Bonchev–Trinajstić information content (AvgIpc) is 3.41. The van der Waals surface area contributed by atoms with Gasteiger partial charge in [-0.1, -0.05) is 36.8 Å². The van der Waals surface area contributed by atoms with E-state index in [1.165, 1.54) is 24.3 Å². The van der Waals surface area contributed by atoms with Crippen molar-refractivity contribution < 1.29 is 39.3 Å². The summed E-state index contributed by atoms with van der Waals surface area (Å²) in [7, 11) is 0. The maximum absolute atomic E-state index is 13.8. The van der Waals surface area contributed by atoms with Crippen molar-refractivity contribution in [2.45, 2.75) is 69.1 Å². The minimum Gasteiger partial charge on any atom is -0.508 e. The monoisotopic (exact) mass is 624 g/mol. The van der Waals surface area contributed by atoms with E-state index in [1.54, 1.807) is 6.20 Å². The van der Waals surface area contributed by atoms with Crippen molar-refractivity contribution in [3.8, 4) is 5.75 Å². The summed E-state index contributed by atoms with van der Waals surface area (Å²) in [6.45, 7) is 0.448. The largest absolute Gasteiger partial charge is 0.508 e. The average molecular weight is 625 g/mol. The Morgan fingerprint density at radius 1 is 0.778 bits per heavy atom. The topological polar surface area (TPSA) is 250 Å². The third-order valence-electron chi connectivity index (χ3n) is 7.31. The van der Waals surface area contributed by atoms with Crippen molar-refractivity contribution in [3.63, 3.8) is 0 Å². The highest BCUT2D eigenvalue weighted by Gasteiger charge is 2.31. The zero-order valence-corrected chi connectivity index (χ0v) is 24.7. The van der Waals surface area contributed by atoms with Crippen LogP contribution >= 0.6 is 0 Å².